The SMILES string of the molecule is CCCc1nnc2n1NC(c1ccc(CC)cc1)C(C(=O)Nc1cccc(Cl)c1C)S2. The van der Waals surface area contributed by atoms with Gasteiger partial charge < -0.3 is 10.7 Å². The molecule has 0 saturated carbocycles. The molecule has 1 aliphatic heterocycles. The standard InChI is InChI=1S/C23H26ClN5OS/c1-4-7-19-26-27-23-29(19)28-20(16-12-10-15(5-2)11-13-16)21(31-23)22(30)25-18-9-6-8-17(24)14(18)3/h6,8-13,20-21,28H,4-5,7H2,1-3H3,(H,25,30). The molecule has 2 N–H and O–H groups in total. The number of aryl methyl sites for hydroxylation is 2. The summed E-state index contributed by atoms with van der Waals surface area (Å²) in [6, 6.07) is 13.7. The number of fused-ring (bicyclic) bond motifs is 1. The summed E-state index contributed by atoms with van der Waals surface area (Å²) in [5.41, 5.74) is 7.39. The fraction of sp³-hybridized carbons (Fsp3) is 0.348. The summed E-state index contributed by atoms with van der Waals surface area (Å²) in [4.78, 5) is 13.4. The molecule has 1 amide bonds. The van der Waals surface area contributed by atoms with Crippen LogP contribution >= 0.6 is 23.4 Å². The van der Waals surface area contributed by atoms with Gasteiger partial charge in [-0.15, -0.1) is 10.2 Å². The van der Waals surface area contributed by atoms with Crippen LogP contribution < -0.4 is 10.7 Å². The van der Waals surface area contributed by atoms with Crippen LogP contribution in [-0.2, 0) is 17.6 Å². The van der Waals surface area contributed by atoms with Crippen LogP contribution in [0.15, 0.2) is 47.6 Å². The highest BCUT2D eigenvalue weighted by molar-refractivity contribution is 8.00. The fourth-order valence-corrected chi connectivity index (χ4v) is 4.91. The minimum Gasteiger partial charge on any atom is -0.325 e. The number of nitrogens with zero attached hydrogens (tertiary/aromatic N) is 3. The van der Waals surface area contributed by atoms with Crippen LogP contribution in [0.3, 0.4) is 0 Å². The van der Waals surface area contributed by atoms with Crippen LogP contribution in [0.2, 0.25) is 5.02 Å². The average molecular weight is 456 g/mol. The molecule has 8 heteroatoms. The number of hydrogen-bond acceptors (Lipinski definition) is 5. The average Bonchev–Trinajstić information content (AvgIpc) is 3.18. The Morgan fingerprint density at radius 1 is 1.19 bits per heavy atom. The van der Waals surface area contributed by atoms with Crippen molar-refractivity contribution < 1.29 is 4.79 Å². The van der Waals surface area contributed by atoms with Crippen LogP contribution in [0.25, 0.3) is 0 Å². The van der Waals surface area contributed by atoms with Crippen LogP contribution in [-0.4, -0.2) is 26.0 Å². The van der Waals surface area contributed by atoms with Gasteiger partial charge in [-0.25, -0.2) is 4.68 Å². The van der Waals surface area contributed by atoms with Crippen LogP contribution in [0.5, 0.6) is 0 Å². The Kier molecular flexibility index (Phi) is 6.53. The van der Waals surface area contributed by atoms with E-state index in [1.54, 1.807) is 0 Å². The first-order valence-electron chi connectivity index (χ1n) is 10.5. The van der Waals surface area contributed by atoms with E-state index in [0.29, 0.717) is 10.2 Å². The van der Waals surface area contributed by atoms with Gasteiger partial charge in [-0.3, -0.25) is 4.79 Å². The Labute approximate surface area is 191 Å². The summed E-state index contributed by atoms with van der Waals surface area (Å²) in [7, 11) is 0. The van der Waals surface area contributed by atoms with Crippen molar-refractivity contribution in [3.05, 3.63) is 70.0 Å². The highest BCUT2D eigenvalue weighted by Crippen LogP contribution is 2.38. The molecule has 162 valence electrons. The van der Waals surface area contributed by atoms with Crippen molar-refractivity contribution in [3.63, 3.8) is 0 Å². The van der Waals surface area contributed by atoms with Crippen molar-refractivity contribution in [3.8, 4) is 0 Å². The molecule has 0 aliphatic carbocycles. The molecule has 0 bridgehead atoms. The normalized spacial score (nSPS) is 17.7. The molecule has 6 nitrogen and oxygen atoms in total. The number of carbonyl (C=O) groups is 1. The number of aromatic nitrogens is 3. The minimum absolute atomic E-state index is 0.0984. The van der Waals surface area contributed by atoms with Gasteiger partial charge >= 0.3 is 0 Å². The topological polar surface area (TPSA) is 71.8 Å². The first kappa shape index (κ1) is 21.7. The zero-order chi connectivity index (χ0) is 22.0. The van der Waals surface area contributed by atoms with E-state index in [1.165, 1.54) is 17.3 Å². The van der Waals surface area contributed by atoms with Crippen molar-refractivity contribution in [1.29, 1.82) is 0 Å². The van der Waals surface area contributed by atoms with Crippen LogP contribution in [0.4, 0.5) is 5.69 Å². The lowest BCUT2D eigenvalue weighted by atomic mass is 10.0. The van der Waals surface area contributed by atoms with E-state index in [2.05, 4.69) is 59.1 Å². The fourth-order valence-electron chi connectivity index (χ4n) is 3.64. The molecule has 1 aliphatic rings. The zero-order valence-electron chi connectivity index (χ0n) is 17.9. The Morgan fingerprint density at radius 3 is 2.68 bits per heavy atom. The second-order valence-corrected chi connectivity index (χ2v) is 9.14. The summed E-state index contributed by atoms with van der Waals surface area (Å²) in [5, 5.41) is 12.6. The highest BCUT2D eigenvalue weighted by atomic mass is 35.5. The number of halogens is 1. The minimum atomic E-state index is -0.419. The second-order valence-electron chi connectivity index (χ2n) is 7.63. The molecule has 2 unspecified atom stereocenters. The summed E-state index contributed by atoms with van der Waals surface area (Å²) in [6.07, 6.45) is 2.76. The maximum absolute atomic E-state index is 13.4. The summed E-state index contributed by atoms with van der Waals surface area (Å²) >= 11 is 7.68. The van der Waals surface area contributed by atoms with Gasteiger partial charge in [0.2, 0.25) is 11.1 Å². The van der Waals surface area contributed by atoms with Gasteiger partial charge in [-0.05, 0) is 48.6 Å². The van der Waals surface area contributed by atoms with E-state index in [9.17, 15) is 4.79 Å². The predicted molar refractivity (Wildman–Crippen MR) is 126 cm³/mol. The number of anilines is 1. The maximum Gasteiger partial charge on any atom is 0.240 e. The number of carbonyl (C=O) groups excluding carboxylic acids is 1. The first-order chi connectivity index (χ1) is 15.0. The van der Waals surface area contributed by atoms with Crippen molar-refractivity contribution in [1.82, 2.24) is 14.9 Å². The molecule has 2 aromatic carbocycles. The third-order valence-corrected chi connectivity index (χ3v) is 7.13. The lowest BCUT2D eigenvalue weighted by Crippen LogP contribution is -2.41. The summed E-state index contributed by atoms with van der Waals surface area (Å²) < 4.78 is 1.93. The van der Waals surface area contributed by atoms with Gasteiger partial charge in [-0.1, -0.05) is 67.5 Å². The monoisotopic (exact) mass is 455 g/mol. The van der Waals surface area contributed by atoms with Gasteiger partial charge in [0.1, 0.15) is 5.25 Å². The molecule has 2 atom stereocenters. The molecular formula is C23H26ClN5OS. The quantitative estimate of drug-likeness (QED) is 0.537. The Bertz CT molecular complexity index is 1080. The van der Waals surface area contributed by atoms with Crippen LogP contribution in [0, 0.1) is 6.92 Å². The molecule has 2 heterocycles. The largest absolute Gasteiger partial charge is 0.325 e. The number of rotatable bonds is 6. The van der Waals surface area contributed by atoms with Crippen molar-refractivity contribution in [2.24, 2.45) is 0 Å². The number of nitrogens with one attached hydrogen (secondary N) is 2. The predicted octanol–water partition coefficient (Wildman–Crippen LogP) is 5.15. The zero-order valence-corrected chi connectivity index (χ0v) is 19.4. The number of amides is 1. The molecule has 4 rings (SSSR count). The van der Waals surface area contributed by atoms with Gasteiger partial charge in [0.15, 0.2) is 5.82 Å². The number of benzene rings is 2. The Morgan fingerprint density at radius 2 is 1.97 bits per heavy atom. The van der Waals surface area contributed by atoms with Gasteiger partial charge in [0, 0.05) is 17.1 Å². The van der Waals surface area contributed by atoms with E-state index < -0.39 is 5.25 Å². The van der Waals surface area contributed by atoms with E-state index in [0.717, 1.165) is 41.9 Å². The number of hydrogen-bond donors (Lipinski definition) is 2. The van der Waals surface area contributed by atoms with Crippen molar-refractivity contribution in [2.45, 2.75) is 56.5 Å². The first-order valence-corrected chi connectivity index (χ1v) is 11.8. The maximum atomic E-state index is 13.4. The van der Waals surface area contributed by atoms with Gasteiger partial charge in [0.25, 0.3) is 0 Å². The van der Waals surface area contributed by atoms with Crippen LogP contribution in [0.1, 0.15) is 48.8 Å². The molecule has 3 aromatic rings. The smallest absolute Gasteiger partial charge is 0.240 e. The lowest BCUT2D eigenvalue weighted by Gasteiger charge is -2.33. The lowest BCUT2D eigenvalue weighted by molar-refractivity contribution is -0.116. The van der Waals surface area contributed by atoms with Crippen molar-refractivity contribution in [2.75, 3.05) is 10.7 Å². The summed E-state index contributed by atoms with van der Waals surface area (Å²) in [5.74, 6) is 0.781. The second kappa shape index (κ2) is 9.32. The number of thioether (sulfide) groups is 1. The van der Waals surface area contributed by atoms with Gasteiger partial charge in [-0.2, -0.15) is 0 Å². The molecule has 1 aromatic heterocycles. The van der Waals surface area contributed by atoms with E-state index in [4.69, 9.17) is 11.6 Å². The third kappa shape index (κ3) is 4.43. The molecular weight excluding hydrogens is 430 g/mol. The summed E-state index contributed by atoms with van der Waals surface area (Å²) in [6.45, 7) is 6.15. The molecule has 0 fully saturated rings. The molecule has 0 saturated heterocycles. The van der Waals surface area contributed by atoms with Crippen molar-refractivity contribution >= 4 is 35.0 Å². The Hall–Kier alpha value is -2.51. The highest BCUT2D eigenvalue weighted by Gasteiger charge is 2.37. The molecule has 0 radical (unpaired) electrons. The van der Waals surface area contributed by atoms with E-state index >= 15 is 0 Å². The Balaban J connectivity index is 1.68. The molecule has 0 spiro atoms. The third-order valence-electron chi connectivity index (χ3n) is 5.51. The van der Waals surface area contributed by atoms with E-state index in [1.807, 2.05) is 29.8 Å². The molecule has 31 heavy (non-hydrogen) atoms. The van der Waals surface area contributed by atoms with E-state index in [-0.39, 0.29) is 11.9 Å². The van der Waals surface area contributed by atoms with Gasteiger partial charge in [0.05, 0.1) is 6.04 Å².